The first-order valence-electron chi connectivity index (χ1n) is 3.39. The van der Waals surface area contributed by atoms with Crippen LogP contribution >= 0.6 is 0 Å². The van der Waals surface area contributed by atoms with Crippen molar-refractivity contribution in [2.24, 2.45) is 0 Å². The number of H-pyrrole nitrogens is 2. The monoisotopic (exact) mass is 210 g/mol. The molecule has 0 saturated carbocycles. The van der Waals surface area contributed by atoms with Crippen molar-refractivity contribution in [3.63, 3.8) is 0 Å². The first-order valence-corrected chi connectivity index (χ1v) is 3.39. The van der Waals surface area contributed by atoms with Gasteiger partial charge in [0.05, 0.1) is 5.56 Å². The van der Waals surface area contributed by atoms with E-state index in [1.54, 1.807) is 4.98 Å². The molecular weight excluding hydrogens is 205 g/mol. The van der Waals surface area contributed by atoms with Gasteiger partial charge in [-0.2, -0.15) is 13.2 Å². The van der Waals surface area contributed by atoms with E-state index in [9.17, 15) is 22.8 Å². The number of aromatic nitrogens is 2. The minimum Gasteiger partial charge on any atom is -0.379 e. The largest absolute Gasteiger partial charge is 0.418 e. The van der Waals surface area contributed by atoms with Gasteiger partial charge in [-0.3, -0.25) is 9.78 Å². The van der Waals surface area contributed by atoms with Gasteiger partial charge in [-0.1, -0.05) is 0 Å². The minimum absolute atomic E-state index is 0.527. The summed E-state index contributed by atoms with van der Waals surface area (Å²) in [5.41, 5.74) is -3.15. The molecule has 1 unspecified atom stereocenters. The van der Waals surface area contributed by atoms with Crippen molar-refractivity contribution in [1.82, 2.24) is 9.97 Å². The molecule has 5 nitrogen and oxygen atoms in total. The Bertz CT molecular complexity index is 433. The van der Waals surface area contributed by atoms with E-state index in [1.165, 1.54) is 0 Å². The lowest BCUT2D eigenvalue weighted by Gasteiger charge is -2.12. The number of aliphatic hydroxyl groups is 1. The number of nitrogens with one attached hydrogen (secondary N) is 2. The van der Waals surface area contributed by atoms with Gasteiger partial charge in [-0.05, 0) is 0 Å². The van der Waals surface area contributed by atoms with Crippen LogP contribution in [0.2, 0.25) is 0 Å². The van der Waals surface area contributed by atoms with Crippen molar-refractivity contribution >= 4 is 0 Å². The Morgan fingerprint density at radius 3 is 2.36 bits per heavy atom. The van der Waals surface area contributed by atoms with Gasteiger partial charge in [0.15, 0.2) is 6.10 Å². The van der Waals surface area contributed by atoms with Crippen LogP contribution in [0.15, 0.2) is 15.8 Å². The summed E-state index contributed by atoms with van der Waals surface area (Å²) in [5, 5.41) is 8.66. The van der Waals surface area contributed by atoms with E-state index in [2.05, 4.69) is 0 Å². The number of aromatic amines is 2. The van der Waals surface area contributed by atoms with Crippen molar-refractivity contribution in [3.8, 4) is 0 Å². The van der Waals surface area contributed by atoms with Crippen LogP contribution in [0.1, 0.15) is 11.7 Å². The molecule has 8 heteroatoms. The van der Waals surface area contributed by atoms with E-state index in [0.717, 1.165) is 0 Å². The van der Waals surface area contributed by atoms with E-state index in [-0.39, 0.29) is 0 Å². The van der Waals surface area contributed by atoms with Gasteiger partial charge in [0, 0.05) is 6.20 Å². The van der Waals surface area contributed by atoms with Crippen molar-refractivity contribution in [2.75, 3.05) is 0 Å². The van der Waals surface area contributed by atoms with Crippen LogP contribution < -0.4 is 11.2 Å². The van der Waals surface area contributed by atoms with Gasteiger partial charge >= 0.3 is 11.9 Å². The van der Waals surface area contributed by atoms with Crippen molar-refractivity contribution in [2.45, 2.75) is 12.3 Å². The van der Waals surface area contributed by atoms with Crippen LogP contribution in [0.5, 0.6) is 0 Å². The molecule has 0 saturated heterocycles. The third-order valence-corrected chi connectivity index (χ3v) is 1.45. The smallest absolute Gasteiger partial charge is 0.379 e. The highest BCUT2D eigenvalue weighted by Crippen LogP contribution is 2.29. The Morgan fingerprint density at radius 2 is 1.93 bits per heavy atom. The second kappa shape index (κ2) is 3.29. The summed E-state index contributed by atoms with van der Waals surface area (Å²) in [6.45, 7) is 0. The van der Waals surface area contributed by atoms with Gasteiger partial charge in [0.1, 0.15) is 0 Å². The second-order valence-corrected chi connectivity index (χ2v) is 2.47. The number of hydrogen-bond donors (Lipinski definition) is 3. The third-order valence-electron chi connectivity index (χ3n) is 1.45. The van der Waals surface area contributed by atoms with E-state index < -0.39 is 29.1 Å². The summed E-state index contributed by atoms with van der Waals surface area (Å²) in [4.78, 5) is 24.6. The molecule has 0 radical (unpaired) electrons. The third kappa shape index (κ3) is 2.02. The lowest BCUT2D eigenvalue weighted by molar-refractivity contribution is -0.207. The zero-order valence-corrected chi connectivity index (χ0v) is 6.55. The van der Waals surface area contributed by atoms with Gasteiger partial charge in [0.25, 0.3) is 5.56 Å². The number of halogens is 3. The van der Waals surface area contributed by atoms with Gasteiger partial charge in [-0.15, -0.1) is 0 Å². The summed E-state index contributed by atoms with van der Waals surface area (Å²) in [6.07, 6.45) is -7.31. The topological polar surface area (TPSA) is 85.9 Å². The van der Waals surface area contributed by atoms with Crippen LogP contribution in [0.25, 0.3) is 0 Å². The Morgan fingerprint density at radius 1 is 1.36 bits per heavy atom. The van der Waals surface area contributed by atoms with E-state index >= 15 is 0 Å². The normalized spacial score (nSPS) is 14.0. The molecule has 1 aromatic heterocycles. The molecule has 1 rings (SSSR count). The SMILES string of the molecule is O=c1[nH]cc(C(O)C(F)(F)F)c(=O)[nH]1. The Kier molecular flexibility index (Phi) is 2.47. The van der Waals surface area contributed by atoms with E-state index in [0.29, 0.717) is 6.20 Å². The fourth-order valence-corrected chi connectivity index (χ4v) is 0.800. The first-order chi connectivity index (χ1) is 6.32. The highest BCUT2D eigenvalue weighted by Gasteiger charge is 2.40. The maximum Gasteiger partial charge on any atom is 0.418 e. The van der Waals surface area contributed by atoms with Crippen LogP contribution in [-0.4, -0.2) is 21.3 Å². The quantitative estimate of drug-likeness (QED) is 0.592. The Hall–Kier alpha value is -1.57. The number of alkyl halides is 3. The standard InChI is InChI=1S/C6H5F3N2O3/c7-6(8,9)3(12)2-1-10-5(14)11-4(2)13/h1,3,12H,(H2,10,11,13,14). The molecule has 0 aliphatic rings. The number of hydrogen-bond acceptors (Lipinski definition) is 3. The van der Waals surface area contributed by atoms with E-state index in [4.69, 9.17) is 5.11 Å². The average molecular weight is 210 g/mol. The molecule has 0 bridgehead atoms. The number of aliphatic hydroxyl groups excluding tert-OH is 1. The molecule has 0 amide bonds. The molecule has 0 fully saturated rings. The van der Waals surface area contributed by atoms with E-state index in [1.807, 2.05) is 4.98 Å². The second-order valence-electron chi connectivity index (χ2n) is 2.47. The molecule has 1 aromatic rings. The van der Waals surface area contributed by atoms with Crippen LogP contribution in [0.4, 0.5) is 13.2 Å². The van der Waals surface area contributed by atoms with Crippen molar-refractivity contribution in [1.29, 1.82) is 0 Å². The van der Waals surface area contributed by atoms with Crippen LogP contribution in [0.3, 0.4) is 0 Å². The molecule has 0 aromatic carbocycles. The zero-order valence-electron chi connectivity index (χ0n) is 6.55. The van der Waals surface area contributed by atoms with Crippen molar-refractivity contribution < 1.29 is 18.3 Å². The minimum atomic E-state index is -4.94. The molecule has 14 heavy (non-hydrogen) atoms. The van der Waals surface area contributed by atoms with Gasteiger partial charge < -0.3 is 10.1 Å². The Balaban J connectivity index is 3.21. The summed E-state index contributed by atoms with van der Waals surface area (Å²) < 4.78 is 35.8. The highest BCUT2D eigenvalue weighted by atomic mass is 19.4. The first kappa shape index (κ1) is 10.5. The maximum absolute atomic E-state index is 11.9. The maximum atomic E-state index is 11.9. The molecule has 3 N–H and O–H groups in total. The summed E-state index contributed by atoms with van der Waals surface area (Å²) in [7, 11) is 0. The highest BCUT2D eigenvalue weighted by molar-refractivity contribution is 5.09. The molecule has 0 aliphatic carbocycles. The average Bonchev–Trinajstić information content (AvgIpc) is 2.01. The van der Waals surface area contributed by atoms with Crippen molar-refractivity contribution in [3.05, 3.63) is 32.6 Å². The fourth-order valence-electron chi connectivity index (χ4n) is 0.800. The summed E-state index contributed by atoms with van der Waals surface area (Å²) in [5.74, 6) is 0. The summed E-state index contributed by atoms with van der Waals surface area (Å²) in [6, 6.07) is 0. The number of rotatable bonds is 1. The lowest BCUT2D eigenvalue weighted by atomic mass is 10.2. The Labute approximate surface area is 74.2 Å². The molecule has 78 valence electrons. The predicted molar refractivity (Wildman–Crippen MR) is 38.7 cm³/mol. The zero-order chi connectivity index (χ0) is 10.9. The predicted octanol–water partition coefficient (Wildman–Crippen LogP) is -0.341. The molecule has 1 heterocycles. The molecular formula is C6H5F3N2O3. The molecule has 0 spiro atoms. The molecule has 0 aliphatic heterocycles. The van der Waals surface area contributed by atoms with Gasteiger partial charge in [0.2, 0.25) is 0 Å². The van der Waals surface area contributed by atoms with Crippen LogP contribution in [-0.2, 0) is 0 Å². The van der Waals surface area contributed by atoms with Gasteiger partial charge in [-0.25, -0.2) is 4.79 Å². The van der Waals surface area contributed by atoms with Crippen LogP contribution in [0, 0.1) is 0 Å². The molecule has 1 atom stereocenters. The fraction of sp³-hybridized carbons (Fsp3) is 0.333. The lowest BCUT2D eigenvalue weighted by Crippen LogP contribution is -2.31. The summed E-state index contributed by atoms with van der Waals surface area (Å²) >= 11 is 0.